The second kappa shape index (κ2) is 5.27. The summed E-state index contributed by atoms with van der Waals surface area (Å²) in [6, 6.07) is 10.8. The third kappa shape index (κ3) is 2.30. The first-order valence-corrected chi connectivity index (χ1v) is 6.92. The summed E-state index contributed by atoms with van der Waals surface area (Å²) >= 11 is 5.93. The van der Waals surface area contributed by atoms with Crippen LogP contribution in [0.5, 0.6) is 0 Å². The van der Waals surface area contributed by atoms with Crippen LogP contribution in [0, 0.1) is 0 Å². The normalized spacial score (nSPS) is 11.3. The molecule has 0 amide bonds. The third-order valence-electron chi connectivity index (χ3n) is 3.28. The second-order valence-corrected chi connectivity index (χ2v) is 5.12. The van der Waals surface area contributed by atoms with E-state index in [1.807, 2.05) is 25.1 Å². The molecule has 1 aromatic heterocycles. The number of halogens is 1. The van der Waals surface area contributed by atoms with E-state index in [0.29, 0.717) is 27.0 Å². The first kappa shape index (κ1) is 13.2. The van der Waals surface area contributed by atoms with Gasteiger partial charge in [0.2, 0.25) is 5.43 Å². The summed E-state index contributed by atoms with van der Waals surface area (Å²) in [4.78, 5) is 12.5. The predicted molar refractivity (Wildman–Crippen MR) is 82.4 cm³/mol. The molecule has 0 fully saturated rings. The van der Waals surface area contributed by atoms with E-state index in [9.17, 15) is 4.79 Å². The van der Waals surface area contributed by atoms with Crippen LogP contribution in [0.4, 0.5) is 0 Å². The van der Waals surface area contributed by atoms with Gasteiger partial charge in [0.25, 0.3) is 0 Å². The number of hydrogen-bond donors (Lipinski definition) is 1. The molecular weight excluding hydrogens is 274 g/mol. The van der Waals surface area contributed by atoms with E-state index in [1.165, 1.54) is 0 Å². The van der Waals surface area contributed by atoms with Crippen LogP contribution >= 0.6 is 11.6 Å². The lowest BCUT2D eigenvalue weighted by molar-refractivity contribution is 0.659. The number of benzene rings is 2. The average Bonchev–Trinajstić information content (AvgIpc) is 2.45. The van der Waals surface area contributed by atoms with Gasteiger partial charge >= 0.3 is 0 Å². The number of hydrogen-bond acceptors (Lipinski definition) is 3. The van der Waals surface area contributed by atoms with E-state index >= 15 is 0 Å². The Balaban J connectivity index is 2.24. The van der Waals surface area contributed by atoms with Gasteiger partial charge in [-0.3, -0.25) is 4.79 Å². The topological polar surface area (TPSA) is 42.2 Å². The van der Waals surface area contributed by atoms with Crippen molar-refractivity contribution >= 4 is 33.5 Å². The van der Waals surface area contributed by atoms with E-state index in [-0.39, 0.29) is 5.43 Å². The maximum atomic E-state index is 12.5. The van der Waals surface area contributed by atoms with Crippen LogP contribution in [0.15, 0.2) is 45.6 Å². The van der Waals surface area contributed by atoms with Gasteiger partial charge in [0.05, 0.1) is 10.8 Å². The molecule has 2 aromatic carbocycles. The lowest BCUT2D eigenvalue weighted by atomic mass is 10.1. The lowest BCUT2D eigenvalue weighted by Crippen LogP contribution is -2.12. The molecule has 0 bridgehead atoms. The van der Waals surface area contributed by atoms with E-state index in [1.54, 1.807) is 18.2 Å². The van der Waals surface area contributed by atoms with Crippen LogP contribution in [0.1, 0.15) is 12.5 Å². The average molecular weight is 288 g/mol. The molecule has 0 aliphatic heterocycles. The molecule has 0 atom stereocenters. The zero-order chi connectivity index (χ0) is 14.1. The fraction of sp³-hybridized carbons (Fsp3) is 0.188. The molecule has 0 saturated heterocycles. The van der Waals surface area contributed by atoms with Crippen molar-refractivity contribution in [2.45, 2.75) is 13.5 Å². The van der Waals surface area contributed by atoms with Gasteiger partial charge < -0.3 is 9.73 Å². The SMILES string of the molecule is CCNCc1ccc2oc3cc(Cl)ccc3c(=O)c2c1. The molecule has 0 unspecified atom stereocenters. The van der Waals surface area contributed by atoms with Gasteiger partial charge in [-0.25, -0.2) is 0 Å². The van der Waals surface area contributed by atoms with Gasteiger partial charge in [-0.2, -0.15) is 0 Å². The molecule has 3 nitrogen and oxygen atoms in total. The lowest BCUT2D eigenvalue weighted by Gasteiger charge is -2.05. The zero-order valence-electron chi connectivity index (χ0n) is 11.1. The third-order valence-corrected chi connectivity index (χ3v) is 3.51. The smallest absolute Gasteiger partial charge is 0.200 e. The molecule has 0 aliphatic rings. The highest BCUT2D eigenvalue weighted by molar-refractivity contribution is 6.31. The number of nitrogens with one attached hydrogen (secondary N) is 1. The Hall–Kier alpha value is -1.84. The van der Waals surface area contributed by atoms with E-state index in [4.69, 9.17) is 16.0 Å². The summed E-state index contributed by atoms with van der Waals surface area (Å²) in [5.74, 6) is 0. The van der Waals surface area contributed by atoms with E-state index in [2.05, 4.69) is 5.32 Å². The molecule has 102 valence electrons. The summed E-state index contributed by atoms with van der Waals surface area (Å²) in [5, 5.41) is 4.97. The highest BCUT2D eigenvalue weighted by Crippen LogP contribution is 2.22. The Kier molecular flexibility index (Phi) is 3.47. The quantitative estimate of drug-likeness (QED) is 0.747. The summed E-state index contributed by atoms with van der Waals surface area (Å²) in [5.41, 5.74) is 2.16. The van der Waals surface area contributed by atoms with Gasteiger partial charge in [0, 0.05) is 17.6 Å². The second-order valence-electron chi connectivity index (χ2n) is 4.68. The van der Waals surface area contributed by atoms with Crippen LogP contribution in [0.25, 0.3) is 21.9 Å². The van der Waals surface area contributed by atoms with Crippen LogP contribution in [0.2, 0.25) is 5.02 Å². The van der Waals surface area contributed by atoms with Gasteiger partial charge in [0.15, 0.2) is 0 Å². The monoisotopic (exact) mass is 287 g/mol. The van der Waals surface area contributed by atoms with E-state index in [0.717, 1.165) is 18.7 Å². The first-order valence-electron chi connectivity index (χ1n) is 6.55. The standard InChI is InChI=1S/C16H14ClNO2/c1-2-18-9-10-3-6-14-13(7-10)16(19)12-5-4-11(17)8-15(12)20-14/h3-8,18H,2,9H2,1H3. The Morgan fingerprint density at radius 3 is 2.75 bits per heavy atom. The largest absolute Gasteiger partial charge is 0.456 e. The first-order chi connectivity index (χ1) is 9.69. The summed E-state index contributed by atoms with van der Waals surface area (Å²) in [6.07, 6.45) is 0. The fourth-order valence-electron chi connectivity index (χ4n) is 2.25. The van der Waals surface area contributed by atoms with Crippen LogP contribution < -0.4 is 10.7 Å². The highest BCUT2D eigenvalue weighted by atomic mass is 35.5. The molecule has 1 heterocycles. The van der Waals surface area contributed by atoms with Crippen molar-refractivity contribution < 1.29 is 4.42 Å². The molecule has 0 aliphatic carbocycles. The summed E-state index contributed by atoms with van der Waals surface area (Å²) in [7, 11) is 0. The number of fused-ring (bicyclic) bond motifs is 2. The molecule has 0 spiro atoms. The molecule has 0 radical (unpaired) electrons. The highest BCUT2D eigenvalue weighted by Gasteiger charge is 2.08. The Morgan fingerprint density at radius 1 is 1.10 bits per heavy atom. The molecular formula is C16H14ClNO2. The van der Waals surface area contributed by atoms with E-state index < -0.39 is 0 Å². The van der Waals surface area contributed by atoms with Crippen molar-refractivity contribution in [1.29, 1.82) is 0 Å². The minimum atomic E-state index is -0.0173. The molecule has 4 heteroatoms. The number of rotatable bonds is 3. The molecule has 3 rings (SSSR count). The maximum absolute atomic E-state index is 12.5. The molecule has 0 saturated carbocycles. The van der Waals surface area contributed by atoms with Crippen molar-refractivity contribution in [2.24, 2.45) is 0 Å². The van der Waals surface area contributed by atoms with Gasteiger partial charge in [-0.05, 0) is 36.4 Å². The maximum Gasteiger partial charge on any atom is 0.200 e. The van der Waals surface area contributed by atoms with Crippen molar-refractivity contribution in [3.8, 4) is 0 Å². The molecule has 1 N–H and O–H groups in total. The van der Waals surface area contributed by atoms with Crippen LogP contribution in [-0.4, -0.2) is 6.54 Å². The Morgan fingerprint density at radius 2 is 1.95 bits per heavy atom. The zero-order valence-corrected chi connectivity index (χ0v) is 11.8. The van der Waals surface area contributed by atoms with Crippen molar-refractivity contribution in [1.82, 2.24) is 5.32 Å². The van der Waals surface area contributed by atoms with Gasteiger partial charge in [0.1, 0.15) is 11.2 Å². The molecule has 20 heavy (non-hydrogen) atoms. The Labute approximate surface area is 121 Å². The van der Waals surface area contributed by atoms with Crippen molar-refractivity contribution in [2.75, 3.05) is 6.54 Å². The minimum absolute atomic E-state index is 0.0173. The van der Waals surface area contributed by atoms with Crippen LogP contribution in [0.3, 0.4) is 0 Å². The Bertz CT molecular complexity index is 839. The van der Waals surface area contributed by atoms with Crippen LogP contribution in [-0.2, 0) is 6.54 Å². The summed E-state index contributed by atoms with van der Waals surface area (Å²) < 4.78 is 5.76. The predicted octanol–water partition coefficient (Wildman–Crippen LogP) is 3.71. The molecule has 3 aromatic rings. The fourth-order valence-corrected chi connectivity index (χ4v) is 2.42. The van der Waals surface area contributed by atoms with Gasteiger partial charge in [-0.15, -0.1) is 0 Å². The van der Waals surface area contributed by atoms with Crippen molar-refractivity contribution in [3.63, 3.8) is 0 Å². The summed E-state index contributed by atoms with van der Waals surface area (Å²) in [6.45, 7) is 3.68. The minimum Gasteiger partial charge on any atom is -0.456 e. The van der Waals surface area contributed by atoms with Gasteiger partial charge in [-0.1, -0.05) is 24.6 Å². The van der Waals surface area contributed by atoms with Crippen molar-refractivity contribution in [3.05, 3.63) is 57.2 Å².